The highest BCUT2D eigenvalue weighted by Crippen LogP contribution is 2.20. The zero-order chi connectivity index (χ0) is 10.6. The molecule has 0 aromatic heterocycles. The van der Waals surface area contributed by atoms with E-state index in [1.807, 2.05) is 6.92 Å². The Labute approximate surface area is 94.0 Å². The van der Waals surface area contributed by atoms with Gasteiger partial charge in [0.2, 0.25) is 0 Å². The molecule has 14 heavy (non-hydrogen) atoms. The van der Waals surface area contributed by atoms with E-state index in [2.05, 4.69) is 0 Å². The normalized spacial score (nSPS) is 12.9. The summed E-state index contributed by atoms with van der Waals surface area (Å²) in [6.45, 7) is 2.02. The third kappa shape index (κ3) is 3.14. The molecule has 0 N–H and O–H groups in total. The van der Waals surface area contributed by atoms with Crippen LogP contribution < -0.4 is 0 Å². The topological polar surface area (TPSA) is 0 Å². The lowest BCUT2D eigenvalue weighted by Gasteiger charge is -2.07. The van der Waals surface area contributed by atoms with E-state index in [9.17, 15) is 4.39 Å². The van der Waals surface area contributed by atoms with Crippen molar-refractivity contribution in [2.45, 2.75) is 31.6 Å². The molecule has 0 bridgehead atoms. The van der Waals surface area contributed by atoms with Crippen molar-refractivity contribution in [1.29, 1.82) is 0 Å². The van der Waals surface area contributed by atoms with Gasteiger partial charge in [-0.05, 0) is 30.9 Å². The van der Waals surface area contributed by atoms with Crippen LogP contribution in [-0.2, 0) is 6.42 Å². The summed E-state index contributed by atoms with van der Waals surface area (Å²) in [7, 11) is 0. The fourth-order valence-corrected chi connectivity index (χ4v) is 1.56. The summed E-state index contributed by atoms with van der Waals surface area (Å²) in [5.74, 6) is -0.311. The fraction of sp³-hybridized carbons (Fsp3) is 0.455. The number of aryl methyl sites for hydroxylation is 1. The van der Waals surface area contributed by atoms with Gasteiger partial charge >= 0.3 is 0 Å². The summed E-state index contributed by atoms with van der Waals surface area (Å²) in [6, 6.07) is 5.06. The maximum absolute atomic E-state index is 13.4. The summed E-state index contributed by atoms with van der Waals surface area (Å²) in [5, 5.41) is 0.304. The Bertz CT molecular complexity index is 299. The van der Waals surface area contributed by atoms with Crippen LogP contribution in [0.5, 0.6) is 0 Å². The molecule has 0 aliphatic carbocycles. The molecule has 0 amide bonds. The number of hydrogen-bond donors (Lipinski definition) is 0. The van der Waals surface area contributed by atoms with Crippen LogP contribution in [0.1, 0.15) is 25.3 Å². The highest BCUT2D eigenvalue weighted by atomic mass is 35.5. The fourth-order valence-electron chi connectivity index (χ4n) is 1.26. The summed E-state index contributed by atoms with van der Waals surface area (Å²) in [6.07, 6.45) is 2.34. The lowest BCUT2D eigenvalue weighted by atomic mass is 10.1. The van der Waals surface area contributed by atoms with Crippen molar-refractivity contribution in [1.82, 2.24) is 0 Å². The second kappa shape index (κ2) is 5.57. The van der Waals surface area contributed by atoms with Gasteiger partial charge in [-0.25, -0.2) is 4.39 Å². The molecular weight excluding hydrogens is 222 g/mol. The summed E-state index contributed by atoms with van der Waals surface area (Å²) < 4.78 is 13.4. The van der Waals surface area contributed by atoms with Crippen LogP contribution in [-0.4, -0.2) is 5.38 Å². The van der Waals surface area contributed by atoms with E-state index in [-0.39, 0.29) is 16.2 Å². The Hall–Kier alpha value is -0.270. The maximum atomic E-state index is 13.4. The minimum absolute atomic E-state index is 0.119. The summed E-state index contributed by atoms with van der Waals surface area (Å²) >= 11 is 11.6. The van der Waals surface area contributed by atoms with Crippen molar-refractivity contribution in [2.24, 2.45) is 0 Å². The van der Waals surface area contributed by atoms with Crippen molar-refractivity contribution in [3.63, 3.8) is 0 Å². The third-order valence-corrected chi connectivity index (χ3v) is 3.02. The quantitative estimate of drug-likeness (QED) is 0.677. The molecule has 0 aliphatic heterocycles. The molecule has 1 aromatic rings. The Balaban J connectivity index is 2.63. The smallest absolute Gasteiger partial charge is 0.144 e. The van der Waals surface area contributed by atoms with Gasteiger partial charge in [0, 0.05) is 5.38 Å². The van der Waals surface area contributed by atoms with Crippen molar-refractivity contribution >= 4 is 23.2 Å². The van der Waals surface area contributed by atoms with E-state index < -0.39 is 0 Å². The summed E-state index contributed by atoms with van der Waals surface area (Å²) in [5.41, 5.74) is 0.650. The van der Waals surface area contributed by atoms with Crippen molar-refractivity contribution in [2.75, 3.05) is 0 Å². The number of alkyl halides is 1. The standard InChI is InChI=1S/C11H13Cl2F/c1-2-9(12)7-6-8-4-3-5-10(13)11(8)14/h3-5,9H,2,6-7H2,1H3. The average molecular weight is 235 g/mol. The first-order chi connectivity index (χ1) is 6.65. The molecule has 0 spiro atoms. The number of halogens is 3. The monoisotopic (exact) mass is 234 g/mol. The minimum Gasteiger partial charge on any atom is -0.205 e. The van der Waals surface area contributed by atoms with Crippen LogP contribution in [0.2, 0.25) is 5.02 Å². The predicted octanol–water partition coefficient (Wildman–Crippen LogP) is 4.43. The van der Waals surface area contributed by atoms with Crippen LogP contribution in [0.3, 0.4) is 0 Å². The molecule has 0 heterocycles. The molecule has 1 aromatic carbocycles. The van der Waals surface area contributed by atoms with Gasteiger partial charge in [0.15, 0.2) is 0 Å². The van der Waals surface area contributed by atoms with Crippen molar-refractivity contribution in [3.05, 3.63) is 34.6 Å². The molecule has 1 rings (SSSR count). The Morgan fingerprint density at radius 3 is 2.79 bits per heavy atom. The average Bonchev–Trinajstić information content (AvgIpc) is 2.20. The largest absolute Gasteiger partial charge is 0.205 e. The second-order valence-corrected chi connectivity index (χ2v) is 4.28. The first-order valence-corrected chi connectivity index (χ1v) is 5.53. The highest BCUT2D eigenvalue weighted by Gasteiger charge is 2.08. The molecular formula is C11H13Cl2F. The third-order valence-electron chi connectivity index (χ3n) is 2.20. The molecule has 1 unspecified atom stereocenters. The Morgan fingerprint density at radius 1 is 1.43 bits per heavy atom. The molecule has 0 saturated carbocycles. The molecule has 0 radical (unpaired) electrons. The molecule has 0 aliphatic rings. The van der Waals surface area contributed by atoms with E-state index in [1.54, 1.807) is 18.2 Å². The first-order valence-electron chi connectivity index (χ1n) is 4.72. The highest BCUT2D eigenvalue weighted by molar-refractivity contribution is 6.30. The van der Waals surface area contributed by atoms with Gasteiger partial charge in [-0.3, -0.25) is 0 Å². The number of hydrogen-bond acceptors (Lipinski definition) is 0. The first kappa shape index (κ1) is 11.8. The van der Waals surface area contributed by atoms with Crippen LogP contribution in [0, 0.1) is 5.82 Å². The number of rotatable bonds is 4. The van der Waals surface area contributed by atoms with Crippen molar-refractivity contribution < 1.29 is 4.39 Å². The molecule has 0 nitrogen and oxygen atoms in total. The van der Waals surface area contributed by atoms with Gasteiger partial charge in [-0.15, -0.1) is 11.6 Å². The van der Waals surface area contributed by atoms with Gasteiger partial charge in [0.1, 0.15) is 5.82 Å². The molecule has 78 valence electrons. The van der Waals surface area contributed by atoms with Crippen LogP contribution in [0.25, 0.3) is 0 Å². The Morgan fingerprint density at radius 2 is 2.14 bits per heavy atom. The van der Waals surface area contributed by atoms with Crippen LogP contribution in [0.15, 0.2) is 18.2 Å². The van der Waals surface area contributed by atoms with Gasteiger partial charge in [-0.2, -0.15) is 0 Å². The number of benzene rings is 1. The molecule has 0 fully saturated rings. The van der Waals surface area contributed by atoms with E-state index in [0.717, 1.165) is 12.8 Å². The van der Waals surface area contributed by atoms with Crippen LogP contribution in [0.4, 0.5) is 4.39 Å². The van der Waals surface area contributed by atoms with E-state index in [4.69, 9.17) is 23.2 Å². The second-order valence-electron chi connectivity index (χ2n) is 3.26. The lowest BCUT2D eigenvalue weighted by Crippen LogP contribution is -2.00. The molecule has 0 saturated heterocycles. The van der Waals surface area contributed by atoms with Gasteiger partial charge in [-0.1, -0.05) is 30.7 Å². The summed E-state index contributed by atoms with van der Waals surface area (Å²) in [4.78, 5) is 0. The minimum atomic E-state index is -0.311. The van der Waals surface area contributed by atoms with Crippen LogP contribution >= 0.6 is 23.2 Å². The SMILES string of the molecule is CCC(Cl)CCc1cccc(Cl)c1F. The zero-order valence-corrected chi connectivity index (χ0v) is 9.58. The van der Waals surface area contributed by atoms with E-state index in [0.29, 0.717) is 12.0 Å². The zero-order valence-electron chi connectivity index (χ0n) is 8.06. The van der Waals surface area contributed by atoms with Crippen molar-refractivity contribution in [3.8, 4) is 0 Å². The molecule has 3 heteroatoms. The van der Waals surface area contributed by atoms with E-state index in [1.165, 1.54) is 0 Å². The lowest BCUT2D eigenvalue weighted by molar-refractivity contribution is 0.600. The van der Waals surface area contributed by atoms with Gasteiger partial charge < -0.3 is 0 Å². The van der Waals surface area contributed by atoms with Gasteiger partial charge in [0.25, 0.3) is 0 Å². The maximum Gasteiger partial charge on any atom is 0.144 e. The Kier molecular flexibility index (Phi) is 4.70. The van der Waals surface area contributed by atoms with E-state index >= 15 is 0 Å². The predicted molar refractivity (Wildman–Crippen MR) is 59.7 cm³/mol. The van der Waals surface area contributed by atoms with Gasteiger partial charge in [0.05, 0.1) is 5.02 Å². The molecule has 1 atom stereocenters.